The van der Waals surface area contributed by atoms with Crippen molar-refractivity contribution in [2.45, 2.75) is 44.3 Å². The number of benzene rings is 1. The predicted molar refractivity (Wildman–Crippen MR) is 99.0 cm³/mol. The van der Waals surface area contributed by atoms with Crippen molar-refractivity contribution in [1.82, 2.24) is 14.7 Å². The van der Waals surface area contributed by atoms with Gasteiger partial charge in [-0.1, -0.05) is 24.3 Å². The molecule has 0 aliphatic heterocycles. The zero-order valence-electron chi connectivity index (χ0n) is 15.3. The number of alkyl halides is 3. The van der Waals surface area contributed by atoms with Crippen LogP contribution < -0.4 is 5.32 Å². The van der Waals surface area contributed by atoms with E-state index >= 15 is 0 Å². The second kappa shape index (κ2) is 6.96. The largest absolute Gasteiger partial charge is 0.416 e. The highest BCUT2D eigenvalue weighted by Gasteiger charge is 2.32. The number of hydrogen-bond donors (Lipinski definition) is 1. The molecule has 1 unspecified atom stereocenters. The number of aryl methyl sites for hydroxylation is 1. The van der Waals surface area contributed by atoms with Gasteiger partial charge in [-0.05, 0) is 43.0 Å². The zero-order valence-corrected chi connectivity index (χ0v) is 15.3. The highest BCUT2D eigenvalue weighted by molar-refractivity contribution is 5.78. The van der Waals surface area contributed by atoms with Gasteiger partial charge in [0.05, 0.1) is 11.3 Å². The molecule has 1 aliphatic rings. The number of hydrogen-bond acceptors (Lipinski definition) is 2. The Morgan fingerprint density at radius 3 is 2.79 bits per heavy atom. The quantitative estimate of drug-likeness (QED) is 0.703. The molecule has 3 aromatic rings. The van der Waals surface area contributed by atoms with Crippen molar-refractivity contribution in [3.05, 3.63) is 71.2 Å². The van der Waals surface area contributed by atoms with E-state index in [2.05, 4.69) is 10.3 Å². The molecule has 4 rings (SSSR count). The van der Waals surface area contributed by atoms with Gasteiger partial charge in [0.25, 0.3) is 0 Å². The van der Waals surface area contributed by atoms with Crippen LogP contribution in [0.5, 0.6) is 0 Å². The number of halogens is 3. The summed E-state index contributed by atoms with van der Waals surface area (Å²) in [5.74, 6) is -0.689. The third-order valence-corrected chi connectivity index (χ3v) is 5.06. The molecule has 2 aromatic heterocycles. The molecular weight excluding hydrogens is 367 g/mol. The van der Waals surface area contributed by atoms with Gasteiger partial charge in [-0.3, -0.25) is 4.79 Å². The zero-order chi connectivity index (χ0) is 19.9. The van der Waals surface area contributed by atoms with Gasteiger partial charge >= 0.3 is 6.18 Å². The second-order valence-corrected chi connectivity index (χ2v) is 7.29. The maximum absolute atomic E-state index is 13.2. The molecule has 1 N–H and O–H groups in total. The number of aromatic nitrogens is 2. The maximum Gasteiger partial charge on any atom is 0.416 e. The first-order valence-electron chi connectivity index (χ1n) is 9.22. The maximum atomic E-state index is 13.2. The van der Waals surface area contributed by atoms with Gasteiger partial charge in [-0.2, -0.15) is 13.2 Å². The summed E-state index contributed by atoms with van der Waals surface area (Å²) in [5.41, 5.74) is 2.12. The van der Waals surface area contributed by atoms with Crippen molar-refractivity contribution in [1.29, 1.82) is 0 Å². The van der Waals surface area contributed by atoms with Crippen LogP contribution >= 0.6 is 0 Å². The summed E-state index contributed by atoms with van der Waals surface area (Å²) in [5, 5.41) is 2.93. The van der Waals surface area contributed by atoms with Gasteiger partial charge in [0.1, 0.15) is 5.65 Å². The Morgan fingerprint density at radius 1 is 1.29 bits per heavy atom. The summed E-state index contributed by atoms with van der Waals surface area (Å²) in [6.07, 6.45) is 1.01. The molecule has 1 saturated carbocycles. The second-order valence-electron chi connectivity index (χ2n) is 7.29. The lowest BCUT2D eigenvalue weighted by Gasteiger charge is -2.19. The average molecular weight is 387 g/mol. The number of imidazole rings is 1. The molecule has 0 radical (unpaired) electrons. The van der Waals surface area contributed by atoms with Gasteiger partial charge in [0, 0.05) is 30.8 Å². The summed E-state index contributed by atoms with van der Waals surface area (Å²) in [7, 11) is 0. The molecule has 7 heteroatoms. The van der Waals surface area contributed by atoms with Gasteiger partial charge in [0.15, 0.2) is 0 Å². The molecule has 1 amide bonds. The Bertz CT molecular complexity index is 1020. The highest BCUT2D eigenvalue weighted by atomic mass is 19.4. The van der Waals surface area contributed by atoms with E-state index in [0.29, 0.717) is 11.3 Å². The minimum atomic E-state index is -4.44. The first-order chi connectivity index (χ1) is 13.3. The van der Waals surface area contributed by atoms with E-state index in [9.17, 15) is 18.0 Å². The van der Waals surface area contributed by atoms with Crippen molar-refractivity contribution in [2.24, 2.45) is 0 Å². The van der Waals surface area contributed by atoms with Crippen LogP contribution in [0.25, 0.3) is 5.65 Å². The van der Waals surface area contributed by atoms with E-state index in [0.717, 1.165) is 36.2 Å². The van der Waals surface area contributed by atoms with Crippen LogP contribution in [-0.2, 0) is 11.0 Å². The van der Waals surface area contributed by atoms with Crippen LogP contribution in [0.3, 0.4) is 0 Å². The van der Waals surface area contributed by atoms with E-state index in [1.807, 2.05) is 29.7 Å². The van der Waals surface area contributed by atoms with Gasteiger partial charge < -0.3 is 9.72 Å². The molecule has 0 bridgehead atoms. The number of carbonyl (C=O) groups is 1. The molecule has 1 aromatic carbocycles. The fourth-order valence-corrected chi connectivity index (χ4v) is 3.45. The molecule has 0 spiro atoms. The summed E-state index contributed by atoms with van der Waals surface area (Å²) in [4.78, 5) is 16.9. The van der Waals surface area contributed by atoms with Crippen LogP contribution in [0, 0.1) is 6.92 Å². The van der Waals surface area contributed by atoms with Gasteiger partial charge in [-0.25, -0.2) is 4.98 Å². The van der Waals surface area contributed by atoms with Crippen LogP contribution in [0.2, 0.25) is 0 Å². The lowest BCUT2D eigenvalue weighted by Crippen LogP contribution is -2.27. The molecule has 146 valence electrons. The van der Waals surface area contributed by atoms with E-state index in [4.69, 9.17) is 0 Å². The topological polar surface area (TPSA) is 46.4 Å². The Labute approximate surface area is 160 Å². The molecule has 1 fully saturated rings. The summed E-state index contributed by atoms with van der Waals surface area (Å²) >= 11 is 0. The van der Waals surface area contributed by atoms with Crippen molar-refractivity contribution >= 4 is 11.6 Å². The Morgan fingerprint density at radius 2 is 2.07 bits per heavy atom. The Balaban J connectivity index is 1.77. The van der Waals surface area contributed by atoms with Crippen LogP contribution in [0.15, 0.2) is 48.8 Å². The van der Waals surface area contributed by atoms with E-state index < -0.39 is 17.7 Å². The molecule has 0 saturated heterocycles. The predicted octanol–water partition coefficient (Wildman–Crippen LogP) is 4.46. The molecule has 1 aliphatic carbocycles. The number of nitrogens with zero attached hydrogens (tertiary/aromatic N) is 2. The van der Waals surface area contributed by atoms with Gasteiger partial charge in [-0.15, -0.1) is 0 Å². The van der Waals surface area contributed by atoms with Crippen LogP contribution in [-0.4, -0.2) is 21.3 Å². The smallest absolute Gasteiger partial charge is 0.353 e. The lowest BCUT2D eigenvalue weighted by atomic mass is 9.91. The number of carbonyl (C=O) groups excluding carboxylic acids is 1. The van der Waals surface area contributed by atoms with E-state index in [-0.39, 0.29) is 18.4 Å². The number of rotatable bonds is 5. The van der Waals surface area contributed by atoms with E-state index in [1.54, 1.807) is 12.3 Å². The number of nitrogens with one attached hydrogen (secondary N) is 1. The van der Waals surface area contributed by atoms with Gasteiger partial charge in [0.2, 0.25) is 5.91 Å². The standard InChI is InChI=1S/C21H20F3N3O/c1-13-4-3-9-27-18(12-25-20(13)27)17(11-19(28)26-16-7-8-16)14-5-2-6-15(10-14)21(22,23)24/h2-6,9-10,12,16-17H,7-8,11H2,1H3,(H,26,28). The summed E-state index contributed by atoms with van der Waals surface area (Å²) in [6, 6.07) is 9.18. The summed E-state index contributed by atoms with van der Waals surface area (Å²) in [6.45, 7) is 1.92. The number of pyridine rings is 1. The molecule has 2 heterocycles. The van der Waals surface area contributed by atoms with Crippen LogP contribution in [0.4, 0.5) is 13.2 Å². The summed E-state index contributed by atoms with van der Waals surface area (Å²) < 4.78 is 41.5. The minimum absolute atomic E-state index is 0.0690. The highest BCUT2D eigenvalue weighted by Crippen LogP contribution is 2.35. The first kappa shape index (κ1) is 18.5. The van der Waals surface area contributed by atoms with Crippen LogP contribution in [0.1, 0.15) is 47.6 Å². The third-order valence-electron chi connectivity index (χ3n) is 5.06. The Hall–Kier alpha value is -2.83. The molecule has 4 nitrogen and oxygen atoms in total. The van der Waals surface area contributed by atoms with E-state index in [1.165, 1.54) is 6.07 Å². The fourth-order valence-electron chi connectivity index (χ4n) is 3.45. The van der Waals surface area contributed by atoms with Crippen molar-refractivity contribution in [3.63, 3.8) is 0 Å². The third kappa shape index (κ3) is 3.74. The minimum Gasteiger partial charge on any atom is -0.353 e. The molecule has 1 atom stereocenters. The number of amides is 1. The Kier molecular flexibility index (Phi) is 4.61. The fraction of sp³-hybridized carbons (Fsp3) is 0.333. The number of fused-ring (bicyclic) bond motifs is 1. The molecule has 28 heavy (non-hydrogen) atoms. The van der Waals surface area contributed by atoms with Crippen molar-refractivity contribution < 1.29 is 18.0 Å². The first-order valence-corrected chi connectivity index (χ1v) is 9.22. The molecular formula is C21H20F3N3O. The monoisotopic (exact) mass is 387 g/mol. The van der Waals surface area contributed by atoms with Crippen molar-refractivity contribution in [3.8, 4) is 0 Å². The normalized spacial score (nSPS) is 15.6. The van der Waals surface area contributed by atoms with Crippen molar-refractivity contribution in [2.75, 3.05) is 0 Å². The lowest BCUT2D eigenvalue weighted by molar-refractivity contribution is -0.137. The average Bonchev–Trinajstić information content (AvgIpc) is 3.35. The SMILES string of the molecule is Cc1cccn2c(C(CC(=O)NC3CC3)c3cccc(C(F)(F)F)c3)cnc12.